The number of thioether (sulfide) groups is 1. The van der Waals surface area contributed by atoms with Crippen molar-refractivity contribution in [3.8, 4) is 5.95 Å². The van der Waals surface area contributed by atoms with Gasteiger partial charge in [0.1, 0.15) is 0 Å². The fraction of sp³-hybridized carbons (Fsp3) is 0.235. The minimum atomic E-state index is -0.290. The van der Waals surface area contributed by atoms with Gasteiger partial charge < -0.3 is 4.57 Å². The van der Waals surface area contributed by atoms with Gasteiger partial charge in [-0.25, -0.2) is 10.1 Å². The number of aromatic amines is 1. The molecule has 1 saturated carbocycles. The molecule has 4 aromatic rings. The van der Waals surface area contributed by atoms with Gasteiger partial charge in [-0.3, -0.25) is 14.2 Å². The van der Waals surface area contributed by atoms with Crippen LogP contribution in [0.3, 0.4) is 0 Å². The van der Waals surface area contributed by atoms with Crippen LogP contribution in [0.4, 0.5) is 0 Å². The Hall–Kier alpha value is -2.94. The van der Waals surface area contributed by atoms with E-state index in [1.807, 2.05) is 12.3 Å². The Morgan fingerprint density at radius 3 is 2.50 bits per heavy atom. The lowest BCUT2D eigenvalue weighted by atomic mass is 10.2. The van der Waals surface area contributed by atoms with Gasteiger partial charge in [0.2, 0.25) is 11.1 Å². The summed E-state index contributed by atoms with van der Waals surface area (Å²) in [4.78, 5) is 34.4. The number of nitrogens with zero attached hydrogens (tertiary/aromatic N) is 5. The van der Waals surface area contributed by atoms with Crippen molar-refractivity contribution in [2.24, 2.45) is 0 Å². The molecule has 8 nitrogen and oxygen atoms in total. The van der Waals surface area contributed by atoms with Crippen LogP contribution in [-0.2, 0) is 0 Å². The van der Waals surface area contributed by atoms with Crippen LogP contribution in [0.15, 0.2) is 45.3 Å². The van der Waals surface area contributed by atoms with Crippen LogP contribution in [0.1, 0.15) is 18.9 Å². The lowest BCUT2D eigenvalue weighted by Gasteiger charge is -2.07. The van der Waals surface area contributed by atoms with Gasteiger partial charge in [0, 0.05) is 18.4 Å². The van der Waals surface area contributed by atoms with Crippen molar-refractivity contribution in [2.45, 2.75) is 24.0 Å². The van der Waals surface area contributed by atoms with E-state index in [0.29, 0.717) is 32.9 Å². The minimum Gasteiger partial charge on any atom is -0.312 e. The van der Waals surface area contributed by atoms with Crippen molar-refractivity contribution >= 4 is 33.6 Å². The van der Waals surface area contributed by atoms with Crippen LogP contribution in [0.5, 0.6) is 0 Å². The number of aromatic nitrogens is 6. The van der Waals surface area contributed by atoms with E-state index >= 15 is 0 Å². The third-order valence-electron chi connectivity index (χ3n) is 4.57. The summed E-state index contributed by atoms with van der Waals surface area (Å²) in [7, 11) is 0. The predicted molar refractivity (Wildman–Crippen MR) is 99.1 cm³/mol. The number of hydrogen-bond acceptors (Lipinski definition) is 6. The van der Waals surface area contributed by atoms with Crippen LogP contribution >= 0.6 is 11.8 Å². The van der Waals surface area contributed by atoms with Gasteiger partial charge in [0.25, 0.3) is 11.1 Å². The van der Waals surface area contributed by atoms with Crippen molar-refractivity contribution in [3.05, 3.63) is 51.3 Å². The number of H-pyrrole nitrogens is 1. The lowest BCUT2D eigenvalue weighted by Crippen LogP contribution is -2.21. The molecule has 130 valence electrons. The summed E-state index contributed by atoms with van der Waals surface area (Å²) in [6, 6.07) is 5.49. The number of fused-ring (bicyclic) bond motifs is 2. The van der Waals surface area contributed by atoms with Gasteiger partial charge >= 0.3 is 0 Å². The molecule has 0 amide bonds. The molecule has 4 heterocycles. The van der Waals surface area contributed by atoms with E-state index in [9.17, 15) is 9.59 Å². The van der Waals surface area contributed by atoms with Crippen LogP contribution in [0.25, 0.3) is 27.8 Å². The molecule has 9 heteroatoms. The molecule has 0 aliphatic heterocycles. The third kappa shape index (κ3) is 2.27. The first-order chi connectivity index (χ1) is 12.7. The second-order valence-corrected chi connectivity index (χ2v) is 7.02. The van der Waals surface area contributed by atoms with Crippen molar-refractivity contribution in [2.75, 3.05) is 6.26 Å². The molecule has 1 aliphatic rings. The molecule has 0 spiro atoms. The Morgan fingerprint density at radius 1 is 1.08 bits per heavy atom. The van der Waals surface area contributed by atoms with Crippen molar-refractivity contribution in [3.63, 3.8) is 0 Å². The molecule has 0 unspecified atom stereocenters. The van der Waals surface area contributed by atoms with Crippen LogP contribution in [0, 0.1) is 0 Å². The summed E-state index contributed by atoms with van der Waals surface area (Å²) in [6.07, 6.45) is 7.29. The predicted octanol–water partition coefficient (Wildman–Crippen LogP) is 1.88. The van der Waals surface area contributed by atoms with Gasteiger partial charge in [0.15, 0.2) is 0 Å². The van der Waals surface area contributed by atoms with Gasteiger partial charge in [-0.15, -0.1) is 5.10 Å². The summed E-state index contributed by atoms with van der Waals surface area (Å²) < 4.78 is 3.11. The largest absolute Gasteiger partial charge is 0.312 e. The first kappa shape index (κ1) is 15.3. The Balaban J connectivity index is 1.77. The topological polar surface area (TPSA) is 98.5 Å². The zero-order chi connectivity index (χ0) is 17.8. The fourth-order valence-corrected chi connectivity index (χ4v) is 3.40. The standard InChI is InChI=1S/C17H14N6O2S/c1-26-17-19-16(20-21-17)23-7-5-13-11(15(23)25)8-10-12(18-13)4-6-22(14(10)24)9-2-3-9/h4-9H,2-3H2,1H3,(H,19,20,21). The first-order valence-electron chi connectivity index (χ1n) is 8.20. The second-order valence-electron chi connectivity index (χ2n) is 6.25. The maximum Gasteiger partial charge on any atom is 0.266 e. The molecule has 4 aromatic heterocycles. The lowest BCUT2D eigenvalue weighted by molar-refractivity contribution is 0.714. The van der Waals surface area contributed by atoms with Crippen molar-refractivity contribution in [1.29, 1.82) is 0 Å². The first-order valence-corrected chi connectivity index (χ1v) is 9.42. The Labute approximate surface area is 150 Å². The SMILES string of the molecule is CSc1n[nH]c(-n2ccc3nc4ccn(C5CC5)c(=O)c4cc3c2=O)n1. The molecular weight excluding hydrogens is 352 g/mol. The van der Waals surface area contributed by atoms with Crippen molar-refractivity contribution < 1.29 is 0 Å². The highest BCUT2D eigenvalue weighted by molar-refractivity contribution is 7.98. The van der Waals surface area contributed by atoms with E-state index in [2.05, 4.69) is 20.2 Å². The van der Waals surface area contributed by atoms with E-state index in [1.54, 1.807) is 29.1 Å². The number of nitrogens with one attached hydrogen (secondary N) is 1. The quantitative estimate of drug-likeness (QED) is 0.439. The molecule has 0 saturated heterocycles. The molecule has 26 heavy (non-hydrogen) atoms. The minimum absolute atomic E-state index is 0.0986. The van der Waals surface area contributed by atoms with Crippen molar-refractivity contribution in [1.82, 2.24) is 29.3 Å². The van der Waals surface area contributed by atoms with Gasteiger partial charge in [-0.2, -0.15) is 4.98 Å². The maximum absolute atomic E-state index is 12.9. The summed E-state index contributed by atoms with van der Waals surface area (Å²) in [5.41, 5.74) is 0.758. The highest BCUT2D eigenvalue weighted by Gasteiger charge is 2.25. The Kier molecular flexibility index (Phi) is 3.26. The summed E-state index contributed by atoms with van der Waals surface area (Å²) >= 11 is 1.38. The highest BCUT2D eigenvalue weighted by Crippen LogP contribution is 2.33. The zero-order valence-corrected chi connectivity index (χ0v) is 14.7. The number of hydrogen-bond donors (Lipinski definition) is 1. The van der Waals surface area contributed by atoms with Crippen LogP contribution < -0.4 is 11.1 Å². The molecule has 0 atom stereocenters. The average Bonchev–Trinajstić information content (AvgIpc) is 3.38. The molecule has 5 rings (SSSR count). The smallest absolute Gasteiger partial charge is 0.266 e. The summed E-state index contributed by atoms with van der Waals surface area (Å²) in [5, 5.41) is 8.18. The summed E-state index contributed by atoms with van der Waals surface area (Å²) in [5.74, 6) is 0.338. The van der Waals surface area contributed by atoms with Gasteiger partial charge in [-0.05, 0) is 37.3 Å². The van der Waals surface area contributed by atoms with Gasteiger partial charge in [0.05, 0.1) is 21.8 Å². The average molecular weight is 366 g/mol. The third-order valence-corrected chi connectivity index (χ3v) is 5.12. The molecule has 1 aliphatic carbocycles. The zero-order valence-electron chi connectivity index (χ0n) is 13.8. The molecule has 0 bridgehead atoms. The highest BCUT2D eigenvalue weighted by atomic mass is 32.2. The monoisotopic (exact) mass is 366 g/mol. The number of rotatable bonds is 3. The number of pyridine rings is 3. The fourth-order valence-electron chi connectivity index (χ4n) is 3.08. The molecule has 1 fully saturated rings. The van der Waals surface area contributed by atoms with E-state index in [-0.39, 0.29) is 17.2 Å². The second kappa shape index (κ2) is 5.53. The van der Waals surface area contributed by atoms with E-state index in [0.717, 1.165) is 12.8 Å². The molecule has 1 N–H and O–H groups in total. The summed E-state index contributed by atoms with van der Waals surface area (Å²) in [6.45, 7) is 0. The molecule has 0 aromatic carbocycles. The normalized spacial score (nSPS) is 14.3. The van der Waals surface area contributed by atoms with E-state index in [4.69, 9.17) is 0 Å². The molecule has 0 radical (unpaired) electrons. The van der Waals surface area contributed by atoms with Gasteiger partial charge in [-0.1, -0.05) is 11.8 Å². The van der Waals surface area contributed by atoms with Crippen LogP contribution in [-0.4, -0.2) is 35.6 Å². The van der Waals surface area contributed by atoms with E-state index in [1.165, 1.54) is 16.3 Å². The maximum atomic E-state index is 12.9. The Bertz CT molecular complexity index is 1280. The van der Waals surface area contributed by atoms with Crippen LogP contribution in [0.2, 0.25) is 0 Å². The van der Waals surface area contributed by atoms with E-state index < -0.39 is 0 Å². The Morgan fingerprint density at radius 2 is 1.81 bits per heavy atom. The molecular formula is C17H14N6O2S.